The zero-order chi connectivity index (χ0) is 16.9. The Hall–Kier alpha value is -1.86. The van der Waals surface area contributed by atoms with Crippen LogP contribution in [-0.4, -0.2) is 0 Å². The van der Waals surface area contributed by atoms with Gasteiger partial charge in [0.25, 0.3) is 0 Å². The predicted octanol–water partition coefficient (Wildman–Crippen LogP) is -0.00970. The summed E-state index contributed by atoms with van der Waals surface area (Å²) in [5.41, 5.74) is 6.06. The van der Waals surface area contributed by atoms with Gasteiger partial charge in [-0.05, 0) is 0 Å². The Morgan fingerprint density at radius 3 is 1.41 bits per heavy atom. The molecule has 0 saturated carbocycles. The Balaban J connectivity index is 0.00000131. The maximum absolute atomic E-state index is 2.38. The van der Waals surface area contributed by atoms with E-state index in [9.17, 15) is 0 Å². The van der Waals surface area contributed by atoms with Crippen LogP contribution in [0.2, 0.25) is 0 Å². The molecule has 3 heteroatoms. The van der Waals surface area contributed by atoms with E-state index in [1.54, 1.807) is 17.7 Å². The number of allylic oxidation sites excluding steroid dienone is 8. The molecule has 0 spiro atoms. The zero-order valence-corrected chi connectivity index (χ0v) is 17.6. The van der Waals surface area contributed by atoms with Gasteiger partial charge in [0.05, 0.1) is 0 Å². The van der Waals surface area contributed by atoms with Crippen LogP contribution < -0.4 is 9.41 Å². The van der Waals surface area contributed by atoms with Gasteiger partial charge >= 0.3 is 163 Å². The van der Waals surface area contributed by atoms with Crippen LogP contribution in [0.3, 0.4) is 0 Å². The molecule has 0 aromatic heterocycles. The minimum absolute atomic E-state index is 0. The molecule has 0 amide bonds. The Labute approximate surface area is 171 Å². The number of benzene rings is 2. The molecule has 2 aliphatic rings. The van der Waals surface area contributed by atoms with Crippen molar-refractivity contribution >= 4 is 0 Å². The van der Waals surface area contributed by atoms with E-state index in [2.05, 4.69) is 85.0 Å². The van der Waals surface area contributed by atoms with E-state index in [0.29, 0.717) is 0 Å². The Bertz CT molecular complexity index is 788. The molecule has 0 fully saturated rings. The summed E-state index contributed by atoms with van der Waals surface area (Å²) < 4.78 is 3.55. The molecule has 0 nitrogen and oxygen atoms in total. The van der Waals surface area contributed by atoms with E-state index in [0.717, 1.165) is 12.8 Å². The first-order valence-corrected chi connectivity index (χ1v) is 11.5. The first kappa shape index (κ1) is 21.4. The first-order valence-electron chi connectivity index (χ1n) is 9.00. The van der Waals surface area contributed by atoms with Gasteiger partial charge in [0.1, 0.15) is 0 Å². The molecule has 0 aliphatic heterocycles. The Morgan fingerprint density at radius 2 is 1.00 bits per heavy atom. The summed E-state index contributed by atoms with van der Waals surface area (Å²) in [5, 5.41) is 0. The van der Waals surface area contributed by atoms with Crippen molar-refractivity contribution in [2.75, 3.05) is 0 Å². The monoisotopic (exact) mass is 438 g/mol. The minimum Gasteiger partial charge on any atom is -1.00 e. The van der Waals surface area contributed by atoms with Gasteiger partial charge in [0, 0.05) is 0 Å². The van der Waals surface area contributed by atoms with E-state index in [1.807, 2.05) is 0 Å². The third kappa shape index (κ3) is 5.56. The van der Waals surface area contributed by atoms with Crippen molar-refractivity contribution in [3.05, 3.63) is 114 Å². The number of rotatable bonds is 6. The van der Waals surface area contributed by atoms with Crippen LogP contribution in [0.5, 0.6) is 0 Å². The molecule has 0 N–H and O–H groups in total. The van der Waals surface area contributed by atoms with Crippen LogP contribution in [0.4, 0.5) is 0 Å². The van der Waals surface area contributed by atoms with Gasteiger partial charge in [-0.15, -0.1) is 0 Å². The normalized spacial score (nSPS) is 14.8. The average molecular weight is 440 g/mol. The smallest absolute Gasteiger partial charge is 1.00 e. The molecule has 0 atom stereocenters. The van der Waals surface area contributed by atoms with Crippen molar-refractivity contribution in [3.8, 4) is 0 Å². The van der Waals surface area contributed by atoms with Crippen molar-refractivity contribution in [2.24, 2.45) is 0 Å². The van der Waals surface area contributed by atoms with Gasteiger partial charge in [0.2, 0.25) is 0 Å². The molecule has 0 bridgehead atoms. The summed E-state index contributed by atoms with van der Waals surface area (Å²) in [6.07, 6.45) is 14.1. The fraction of sp³-hybridized carbons (Fsp3) is 0.167. The second-order valence-electron chi connectivity index (χ2n) is 6.67. The molecule has 27 heavy (non-hydrogen) atoms. The van der Waals surface area contributed by atoms with E-state index in [-0.39, 0.29) is 9.41 Å². The molecule has 0 saturated heterocycles. The van der Waals surface area contributed by atoms with Crippen molar-refractivity contribution in [2.45, 2.75) is 25.7 Å². The summed E-state index contributed by atoms with van der Waals surface area (Å²) in [4.78, 5) is 0. The third-order valence-electron chi connectivity index (χ3n) is 4.83. The van der Waals surface area contributed by atoms with Crippen LogP contribution in [0.15, 0.2) is 103 Å². The average Bonchev–Trinajstić information content (AvgIpc) is 3.27. The third-order valence-corrected chi connectivity index (χ3v) is 8.90. The second-order valence-corrected chi connectivity index (χ2v) is 10.3. The summed E-state index contributed by atoms with van der Waals surface area (Å²) >= 11 is -0.655. The van der Waals surface area contributed by atoms with Crippen LogP contribution in [0.25, 0.3) is 0 Å². The summed E-state index contributed by atoms with van der Waals surface area (Å²) in [6, 6.07) is 21.8. The first-order chi connectivity index (χ1) is 12.4. The predicted molar refractivity (Wildman–Crippen MR) is 102 cm³/mol. The maximum Gasteiger partial charge on any atom is -1.00 e. The fourth-order valence-electron chi connectivity index (χ4n) is 3.51. The Morgan fingerprint density at radius 1 is 0.593 bits per heavy atom. The number of hydrogen-bond donors (Lipinski definition) is 0. The van der Waals surface area contributed by atoms with E-state index in [4.69, 9.17) is 0 Å². The van der Waals surface area contributed by atoms with Gasteiger partial charge in [-0.25, -0.2) is 0 Å². The molecule has 0 heterocycles. The van der Waals surface area contributed by atoms with Crippen molar-refractivity contribution in [1.29, 1.82) is 0 Å². The van der Waals surface area contributed by atoms with Crippen molar-refractivity contribution in [1.82, 2.24) is 0 Å². The van der Waals surface area contributed by atoms with Gasteiger partial charge < -0.3 is 9.41 Å². The molecule has 0 unspecified atom stereocenters. The van der Waals surface area contributed by atoms with Gasteiger partial charge in [-0.2, -0.15) is 0 Å². The largest absolute Gasteiger partial charge is 1.00 e. The van der Waals surface area contributed by atoms with Gasteiger partial charge in [-0.3, -0.25) is 0 Å². The summed E-state index contributed by atoms with van der Waals surface area (Å²) in [5.74, 6) is 0. The summed E-state index contributed by atoms with van der Waals surface area (Å²) in [6.45, 7) is 0. The Kier molecular flexibility index (Phi) is 8.32. The molecule has 136 valence electrons. The molecule has 0 radical (unpaired) electrons. The van der Waals surface area contributed by atoms with Crippen LogP contribution in [0.1, 0.15) is 24.0 Å². The van der Waals surface area contributed by atoms with Crippen LogP contribution in [0, 0.1) is 0 Å². The fourth-order valence-corrected chi connectivity index (χ4v) is 7.12. The quantitative estimate of drug-likeness (QED) is 0.594. The number of hydrogen-bond acceptors (Lipinski definition) is 0. The van der Waals surface area contributed by atoms with E-state index >= 15 is 0 Å². The molecular formula is C24H22F2Zr. The van der Waals surface area contributed by atoms with Crippen LogP contribution in [-0.2, 0) is 36.1 Å². The van der Waals surface area contributed by atoms with Crippen LogP contribution >= 0.6 is 0 Å². The second kappa shape index (κ2) is 10.5. The van der Waals surface area contributed by atoms with Crippen molar-refractivity contribution in [3.63, 3.8) is 0 Å². The molecular weight excluding hydrogens is 417 g/mol. The topological polar surface area (TPSA) is 0 Å². The molecule has 2 aliphatic carbocycles. The van der Waals surface area contributed by atoms with E-state index in [1.165, 1.54) is 24.0 Å². The van der Waals surface area contributed by atoms with E-state index < -0.39 is 23.2 Å². The minimum atomic E-state index is -0.655. The summed E-state index contributed by atoms with van der Waals surface area (Å²) in [7, 11) is 0. The van der Waals surface area contributed by atoms with Gasteiger partial charge in [0.15, 0.2) is 0 Å². The van der Waals surface area contributed by atoms with Crippen molar-refractivity contribution < 1.29 is 32.6 Å². The molecule has 4 rings (SSSR count). The maximum atomic E-state index is 2.38. The zero-order valence-electron chi connectivity index (χ0n) is 15.2. The number of halogens is 2. The molecule has 2 aromatic carbocycles. The molecule has 2 aromatic rings. The standard InChI is InChI=1S/2C12H11.2FH.Zr/c2*1-2-6-11(7-3-1)10-12-8-4-5-9-12;;;/h2*1-4,6-8H,5,10H2;2*1H;/q;;;;+2/p-2. The van der Waals surface area contributed by atoms with Gasteiger partial charge in [-0.1, -0.05) is 0 Å². The SMILES string of the molecule is C1=CC(Cc2ccccc2)=[C]([Zr+2][C]2=C(Cc3ccccc3)C=CC2)C1.[F-].[F-].